The first-order valence-corrected chi connectivity index (χ1v) is 6.85. The molecule has 1 aliphatic carbocycles. The van der Waals surface area contributed by atoms with E-state index in [2.05, 4.69) is 40.7 Å². The van der Waals surface area contributed by atoms with Crippen LogP contribution in [-0.4, -0.2) is 24.4 Å². The summed E-state index contributed by atoms with van der Waals surface area (Å²) in [5.41, 5.74) is 1.39. The van der Waals surface area contributed by atoms with Crippen LogP contribution in [0.3, 0.4) is 0 Å². The smallest absolute Gasteiger partial charge is 0.0666 e. The number of hydrogen-bond acceptors (Lipinski definition) is 2. The average Bonchev–Trinajstić information content (AvgIpc) is 2.26. The molecular weight excluding hydrogens is 212 g/mol. The minimum absolute atomic E-state index is 0.0600. The minimum atomic E-state index is -0.0600. The molecule has 1 aliphatic heterocycles. The van der Waals surface area contributed by atoms with Crippen molar-refractivity contribution in [2.45, 2.75) is 40.7 Å². The lowest BCUT2D eigenvalue weighted by Gasteiger charge is -2.55. The quantitative estimate of drug-likeness (QED) is 0.750. The zero-order valence-electron chi connectivity index (χ0n) is 11.7. The Morgan fingerprint density at radius 3 is 2.65 bits per heavy atom. The van der Waals surface area contributed by atoms with Gasteiger partial charge in [-0.15, -0.1) is 0 Å². The van der Waals surface area contributed by atoms with Crippen molar-refractivity contribution in [3.63, 3.8) is 0 Å². The first-order valence-electron chi connectivity index (χ1n) is 6.85. The van der Waals surface area contributed by atoms with E-state index in [1.165, 1.54) is 5.57 Å². The van der Waals surface area contributed by atoms with Gasteiger partial charge in [0.1, 0.15) is 0 Å². The van der Waals surface area contributed by atoms with Gasteiger partial charge in [0, 0.05) is 11.3 Å². The second-order valence-electron chi connectivity index (χ2n) is 6.42. The maximum absolute atomic E-state index is 9.84. The van der Waals surface area contributed by atoms with Gasteiger partial charge in [-0.1, -0.05) is 39.3 Å². The zero-order chi connectivity index (χ0) is 12.8. The van der Waals surface area contributed by atoms with Gasteiger partial charge in [-0.2, -0.15) is 0 Å². The van der Waals surface area contributed by atoms with E-state index in [-0.39, 0.29) is 12.0 Å². The fraction of sp³-hybridized carbons (Fsp3) is 0.867. The third kappa shape index (κ3) is 1.77. The summed E-state index contributed by atoms with van der Waals surface area (Å²) in [5.74, 6) is 1.93. The summed E-state index contributed by atoms with van der Waals surface area (Å²) >= 11 is 0. The van der Waals surface area contributed by atoms with Crippen LogP contribution in [0.15, 0.2) is 11.6 Å². The Morgan fingerprint density at radius 2 is 2.12 bits per heavy atom. The lowest BCUT2D eigenvalue weighted by Crippen LogP contribution is -2.57. The lowest BCUT2D eigenvalue weighted by molar-refractivity contribution is -0.174. The van der Waals surface area contributed by atoms with Crippen molar-refractivity contribution in [1.29, 1.82) is 0 Å². The molecule has 2 rings (SSSR count). The summed E-state index contributed by atoms with van der Waals surface area (Å²) in [5, 5.41) is 9.84. The molecule has 98 valence electrons. The van der Waals surface area contributed by atoms with Crippen LogP contribution in [0, 0.1) is 29.1 Å². The van der Waals surface area contributed by atoms with Crippen LogP contribution >= 0.6 is 0 Å². The third-order valence-corrected chi connectivity index (χ3v) is 5.24. The lowest BCUT2D eigenvalue weighted by atomic mass is 9.55. The van der Waals surface area contributed by atoms with Gasteiger partial charge >= 0.3 is 0 Å². The highest BCUT2D eigenvalue weighted by atomic mass is 16.5. The molecule has 1 heterocycles. The molecular formula is C15H26O2. The van der Waals surface area contributed by atoms with Crippen LogP contribution in [0.4, 0.5) is 0 Å². The van der Waals surface area contributed by atoms with E-state index in [0.29, 0.717) is 36.4 Å². The van der Waals surface area contributed by atoms with E-state index in [4.69, 9.17) is 4.74 Å². The second kappa shape index (κ2) is 4.40. The van der Waals surface area contributed by atoms with Crippen molar-refractivity contribution >= 4 is 0 Å². The van der Waals surface area contributed by atoms with Gasteiger partial charge in [-0.05, 0) is 24.7 Å². The minimum Gasteiger partial charge on any atom is -0.396 e. The van der Waals surface area contributed by atoms with Crippen LogP contribution < -0.4 is 0 Å². The molecule has 17 heavy (non-hydrogen) atoms. The van der Waals surface area contributed by atoms with Crippen molar-refractivity contribution in [2.24, 2.45) is 29.1 Å². The molecule has 0 aromatic heterocycles. The van der Waals surface area contributed by atoms with Gasteiger partial charge in [0.2, 0.25) is 0 Å². The second-order valence-corrected chi connectivity index (χ2v) is 6.42. The molecule has 0 saturated carbocycles. The average molecular weight is 238 g/mol. The van der Waals surface area contributed by atoms with Crippen molar-refractivity contribution in [2.75, 3.05) is 13.2 Å². The van der Waals surface area contributed by atoms with Crippen LogP contribution in [0.1, 0.15) is 34.6 Å². The maximum Gasteiger partial charge on any atom is 0.0666 e. The van der Waals surface area contributed by atoms with E-state index < -0.39 is 0 Å². The standard InChI is InChI=1S/C15H26O2/c1-9(2)14-13-10(3)6-11(4)15(7-16,8-17-14)12(13)5/h6,9,11-14,16H,7-8H2,1-5H3/t11-,12+,13-,14-,15+/m0/s1. The van der Waals surface area contributed by atoms with Crippen molar-refractivity contribution in [3.8, 4) is 0 Å². The molecule has 5 atom stereocenters. The van der Waals surface area contributed by atoms with Crippen molar-refractivity contribution in [3.05, 3.63) is 11.6 Å². The fourth-order valence-corrected chi connectivity index (χ4v) is 3.94. The van der Waals surface area contributed by atoms with E-state index in [9.17, 15) is 5.11 Å². The molecule has 2 nitrogen and oxygen atoms in total. The molecule has 2 bridgehead atoms. The highest BCUT2D eigenvalue weighted by Gasteiger charge is 2.53. The Kier molecular flexibility index (Phi) is 3.39. The molecule has 2 heteroatoms. The Morgan fingerprint density at radius 1 is 1.47 bits per heavy atom. The van der Waals surface area contributed by atoms with Gasteiger partial charge in [0.25, 0.3) is 0 Å². The number of aliphatic hydroxyl groups is 1. The van der Waals surface area contributed by atoms with Crippen LogP contribution in [-0.2, 0) is 4.74 Å². The van der Waals surface area contributed by atoms with Crippen molar-refractivity contribution < 1.29 is 9.84 Å². The van der Waals surface area contributed by atoms with Crippen LogP contribution in [0.5, 0.6) is 0 Å². The Hall–Kier alpha value is -0.340. The Labute approximate surface area is 105 Å². The summed E-state index contributed by atoms with van der Waals surface area (Å²) < 4.78 is 6.11. The van der Waals surface area contributed by atoms with Crippen molar-refractivity contribution in [1.82, 2.24) is 0 Å². The summed E-state index contributed by atoms with van der Waals surface area (Å²) in [6, 6.07) is 0. The predicted octanol–water partition coefficient (Wildman–Crippen LogP) is 2.87. The number of rotatable bonds is 2. The number of allylic oxidation sites excluding steroid dienone is 1. The molecule has 1 saturated heterocycles. The van der Waals surface area contributed by atoms with E-state index in [1.807, 2.05) is 0 Å². The highest BCUT2D eigenvalue weighted by molar-refractivity contribution is 5.21. The molecule has 0 radical (unpaired) electrons. The summed E-state index contributed by atoms with van der Waals surface area (Å²) in [6.45, 7) is 12.1. The summed E-state index contributed by atoms with van der Waals surface area (Å²) in [6.07, 6.45) is 2.67. The Balaban J connectivity index is 2.41. The summed E-state index contributed by atoms with van der Waals surface area (Å²) in [4.78, 5) is 0. The molecule has 0 unspecified atom stereocenters. The Bertz CT molecular complexity index is 321. The van der Waals surface area contributed by atoms with Gasteiger partial charge in [-0.25, -0.2) is 0 Å². The zero-order valence-corrected chi connectivity index (χ0v) is 11.7. The van der Waals surface area contributed by atoms with Gasteiger partial charge in [0.05, 0.1) is 19.3 Å². The first kappa shape index (κ1) is 13.1. The predicted molar refractivity (Wildman–Crippen MR) is 69.7 cm³/mol. The van der Waals surface area contributed by atoms with Gasteiger partial charge in [-0.3, -0.25) is 0 Å². The molecule has 1 N–H and O–H groups in total. The first-order chi connectivity index (χ1) is 7.94. The topological polar surface area (TPSA) is 29.5 Å². The maximum atomic E-state index is 9.84. The van der Waals surface area contributed by atoms with E-state index >= 15 is 0 Å². The molecule has 0 aromatic carbocycles. The molecule has 0 amide bonds. The van der Waals surface area contributed by atoms with Gasteiger partial charge in [0.15, 0.2) is 0 Å². The number of ether oxygens (including phenoxy) is 1. The molecule has 0 aromatic rings. The van der Waals surface area contributed by atoms with Gasteiger partial charge < -0.3 is 9.84 Å². The third-order valence-electron chi connectivity index (χ3n) is 5.24. The summed E-state index contributed by atoms with van der Waals surface area (Å²) in [7, 11) is 0. The van der Waals surface area contributed by atoms with Crippen LogP contribution in [0.2, 0.25) is 0 Å². The van der Waals surface area contributed by atoms with E-state index in [0.717, 1.165) is 0 Å². The number of aliphatic hydroxyl groups excluding tert-OH is 1. The largest absolute Gasteiger partial charge is 0.396 e. The molecule has 1 fully saturated rings. The molecule has 0 spiro atoms. The monoisotopic (exact) mass is 238 g/mol. The fourth-order valence-electron chi connectivity index (χ4n) is 3.94. The number of fused-ring (bicyclic) bond motifs is 2. The highest BCUT2D eigenvalue weighted by Crippen LogP contribution is 2.53. The van der Waals surface area contributed by atoms with Crippen LogP contribution in [0.25, 0.3) is 0 Å². The number of hydrogen-bond donors (Lipinski definition) is 1. The molecule has 2 aliphatic rings. The SMILES string of the molecule is CC1=C[C@H](C)[C@@]2(CO)CO[C@@H](C(C)C)[C@@H]1[C@H]2C. The van der Waals surface area contributed by atoms with E-state index in [1.54, 1.807) is 0 Å². The normalized spacial score (nSPS) is 45.9.